The van der Waals surface area contributed by atoms with Crippen molar-refractivity contribution in [2.45, 2.75) is 25.6 Å². The van der Waals surface area contributed by atoms with Gasteiger partial charge < -0.3 is 14.8 Å². The van der Waals surface area contributed by atoms with Gasteiger partial charge in [-0.05, 0) is 41.8 Å². The molecule has 6 nitrogen and oxygen atoms in total. The second kappa shape index (κ2) is 9.41. The molecule has 0 radical (unpaired) electrons. The van der Waals surface area contributed by atoms with Gasteiger partial charge in [0.15, 0.2) is 21.3 Å². The van der Waals surface area contributed by atoms with Crippen molar-refractivity contribution in [3.63, 3.8) is 0 Å². The zero-order valence-corrected chi connectivity index (χ0v) is 16.6. The van der Waals surface area contributed by atoms with Crippen LogP contribution >= 0.6 is 0 Å². The van der Waals surface area contributed by atoms with Crippen LogP contribution in [0.2, 0.25) is 0 Å². The van der Waals surface area contributed by atoms with Crippen LogP contribution in [0.5, 0.6) is 11.5 Å². The van der Waals surface area contributed by atoms with Gasteiger partial charge in [0.05, 0.1) is 19.5 Å². The molecule has 146 valence electrons. The zero-order valence-electron chi connectivity index (χ0n) is 15.8. The molecule has 0 spiro atoms. The molecule has 1 amide bonds. The highest BCUT2D eigenvalue weighted by Crippen LogP contribution is 2.28. The predicted octanol–water partition coefficient (Wildman–Crippen LogP) is 2.96. The van der Waals surface area contributed by atoms with E-state index in [9.17, 15) is 13.2 Å². The van der Waals surface area contributed by atoms with E-state index in [2.05, 4.69) is 5.32 Å². The van der Waals surface area contributed by atoms with Gasteiger partial charge in [0, 0.05) is 18.4 Å². The van der Waals surface area contributed by atoms with Crippen molar-refractivity contribution < 1.29 is 22.7 Å². The van der Waals surface area contributed by atoms with E-state index in [1.54, 1.807) is 31.4 Å². The molecule has 2 aromatic carbocycles. The number of rotatable bonds is 9. The van der Waals surface area contributed by atoms with Gasteiger partial charge in [0.2, 0.25) is 0 Å². The number of carbonyl (C=O) groups is 1. The number of nitrogens with one attached hydrogen (secondary N) is 1. The van der Waals surface area contributed by atoms with Crippen LogP contribution in [0.1, 0.15) is 34.8 Å². The fourth-order valence-corrected chi connectivity index (χ4v) is 3.33. The second-order valence-corrected chi connectivity index (χ2v) is 8.43. The van der Waals surface area contributed by atoms with Crippen molar-refractivity contribution in [2.24, 2.45) is 0 Å². The summed E-state index contributed by atoms with van der Waals surface area (Å²) in [5, 5.41) is 2.83. The Hall–Kier alpha value is -2.54. The minimum atomic E-state index is -3.15. The van der Waals surface area contributed by atoms with E-state index in [0.29, 0.717) is 35.8 Å². The van der Waals surface area contributed by atoms with Crippen molar-refractivity contribution in [1.82, 2.24) is 5.32 Å². The highest BCUT2D eigenvalue weighted by molar-refractivity contribution is 7.89. The molecule has 0 saturated carbocycles. The lowest BCUT2D eigenvalue weighted by Crippen LogP contribution is -2.23. The number of carbonyl (C=O) groups excluding carboxylic acids is 1. The van der Waals surface area contributed by atoms with Crippen LogP contribution in [0.3, 0.4) is 0 Å². The van der Waals surface area contributed by atoms with E-state index in [4.69, 9.17) is 9.47 Å². The summed E-state index contributed by atoms with van der Waals surface area (Å²) in [5.41, 5.74) is 1.88. The summed E-state index contributed by atoms with van der Waals surface area (Å²) in [6.45, 7) is 2.96. The van der Waals surface area contributed by atoms with Gasteiger partial charge >= 0.3 is 0 Å². The number of hydrogen-bond acceptors (Lipinski definition) is 5. The Kier molecular flexibility index (Phi) is 7.24. The third kappa shape index (κ3) is 6.60. The van der Waals surface area contributed by atoms with Gasteiger partial charge in [-0.15, -0.1) is 0 Å². The first kappa shape index (κ1) is 20.8. The van der Waals surface area contributed by atoms with Crippen LogP contribution in [-0.2, 0) is 22.1 Å². The van der Waals surface area contributed by atoms with E-state index in [-0.39, 0.29) is 11.7 Å². The molecule has 0 heterocycles. The minimum Gasteiger partial charge on any atom is -0.493 e. The zero-order chi connectivity index (χ0) is 19.9. The minimum absolute atomic E-state index is 0.0927. The molecule has 0 bridgehead atoms. The lowest BCUT2D eigenvalue weighted by molar-refractivity contribution is 0.0950. The summed E-state index contributed by atoms with van der Waals surface area (Å²) >= 11 is 0. The lowest BCUT2D eigenvalue weighted by atomic mass is 10.1. The van der Waals surface area contributed by atoms with Crippen LogP contribution in [-0.4, -0.2) is 34.3 Å². The maximum absolute atomic E-state index is 12.4. The first-order valence-corrected chi connectivity index (χ1v) is 10.7. The molecule has 2 rings (SSSR count). The largest absolute Gasteiger partial charge is 0.493 e. The van der Waals surface area contributed by atoms with Gasteiger partial charge in [-0.1, -0.05) is 25.1 Å². The SMILES string of the molecule is CCCOc1ccc(CNC(=O)c2cccc(CS(C)(=O)=O)c2)cc1OC. The van der Waals surface area contributed by atoms with Gasteiger partial charge in [0.1, 0.15) is 0 Å². The quantitative estimate of drug-likeness (QED) is 0.711. The molecule has 0 fully saturated rings. The van der Waals surface area contributed by atoms with Crippen molar-refractivity contribution in [2.75, 3.05) is 20.0 Å². The molecule has 0 atom stereocenters. The highest BCUT2D eigenvalue weighted by atomic mass is 32.2. The molecule has 27 heavy (non-hydrogen) atoms. The first-order chi connectivity index (χ1) is 12.8. The standard InChI is InChI=1S/C20H25NO5S/c1-4-10-26-18-9-8-15(12-19(18)25-2)13-21-20(22)17-7-5-6-16(11-17)14-27(3,23)24/h5-9,11-12H,4,10,13-14H2,1-3H3,(H,21,22). The highest BCUT2D eigenvalue weighted by Gasteiger charge is 2.11. The summed E-state index contributed by atoms with van der Waals surface area (Å²) in [4.78, 5) is 12.4. The van der Waals surface area contributed by atoms with Crippen LogP contribution in [0.4, 0.5) is 0 Å². The molecular formula is C20H25NO5S. The number of sulfone groups is 1. The fraction of sp³-hybridized carbons (Fsp3) is 0.350. The van der Waals surface area contributed by atoms with Crippen molar-refractivity contribution in [3.05, 3.63) is 59.2 Å². The summed E-state index contributed by atoms with van der Waals surface area (Å²) in [6.07, 6.45) is 2.07. The smallest absolute Gasteiger partial charge is 0.251 e. The monoisotopic (exact) mass is 391 g/mol. The third-order valence-electron chi connectivity index (χ3n) is 3.76. The lowest BCUT2D eigenvalue weighted by Gasteiger charge is -2.12. The summed E-state index contributed by atoms with van der Waals surface area (Å²) < 4.78 is 33.8. The Labute approximate surface area is 160 Å². The van der Waals surface area contributed by atoms with Gasteiger partial charge in [-0.2, -0.15) is 0 Å². The van der Waals surface area contributed by atoms with E-state index < -0.39 is 9.84 Å². The van der Waals surface area contributed by atoms with Crippen LogP contribution in [0.25, 0.3) is 0 Å². The molecule has 0 aliphatic rings. The number of benzene rings is 2. The van der Waals surface area contributed by atoms with E-state index >= 15 is 0 Å². The number of amides is 1. The Morgan fingerprint density at radius 2 is 1.85 bits per heavy atom. The Morgan fingerprint density at radius 1 is 1.07 bits per heavy atom. The maximum atomic E-state index is 12.4. The van der Waals surface area contributed by atoms with Gasteiger partial charge in [-0.25, -0.2) is 8.42 Å². The predicted molar refractivity (Wildman–Crippen MR) is 105 cm³/mol. The number of ether oxygens (including phenoxy) is 2. The van der Waals surface area contributed by atoms with E-state index in [1.807, 2.05) is 25.1 Å². The molecule has 1 N–H and O–H groups in total. The summed E-state index contributed by atoms with van der Waals surface area (Å²) in [6, 6.07) is 12.1. The molecule has 2 aromatic rings. The molecule has 0 unspecified atom stereocenters. The summed E-state index contributed by atoms with van der Waals surface area (Å²) in [5.74, 6) is 0.925. The van der Waals surface area contributed by atoms with Crippen LogP contribution in [0.15, 0.2) is 42.5 Å². The molecule has 0 aliphatic heterocycles. The number of methoxy groups -OCH3 is 1. The second-order valence-electron chi connectivity index (χ2n) is 6.29. The van der Waals surface area contributed by atoms with Crippen LogP contribution < -0.4 is 14.8 Å². The normalized spacial score (nSPS) is 11.1. The van der Waals surface area contributed by atoms with E-state index in [0.717, 1.165) is 12.0 Å². The Bertz CT molecular complexity index is 893. The van der Waals surface area contributed by atoms with Gasteiger partial charge in [-0.3, -0.25) is 4.79 Å². The molecule has 7 heteroatoms. The Balaban J connectivity index is 2.04. The average molecular weight is 391 g/mol. The van der Waals surface area contributed by atoms with Crippen molar-refractivity contribution in [1.29, 1.82) is 0 Å². The third-order valence-corrected chi connectivity index (χ3v) is 4.62. The van der Waals surface area contributed by atoms with Crippen LogP contribution in [0, 0.1) is 0 Å². The topological polar surface area (TPSA) is 81.7 Å². The summed E-state index contributed by atoms with van der Waals surface area (Å²) in [7, 11) is -1.58. The first-order valence-electron chi connectivity index (χ1n) is 8.67. The average Bonchev–Trinajstić information content (AvgIpc) is 2.63. The van der Waals surface area contributed by atoms with Crippen molar-refractivity contribution in [3.8, 4) is 11.5 Å². The molecule has 0 aliphatic carbocycles. The molecule has 0 aromatic heterocycles. The molecular weight excluding hydrogens is 366 g/mol. The Morgan fingerprint density at radius 3 is 2.52 bits per heavy atom. The maximum Gasteiger partial charge on any atom is 0.251 e. The van der Waals surface area contributed by atoms with Crippen molar-refractivity contribution >= 4 is 15.7 Å². The molecule has 0 saturated heterocycles. The van der Waals surface area contributed by atoms with Gasteiger partial charge in [0.25, 0.3) is 5.91 Å². The number of hydrogen-bond donors (Lipinski definition) is 1. The fourth-order valence-electron chi connectivity index (χ4n) is 2.54. The van der Waals surface area contributed by atoms with E-state index in [1.165, 1.54) is 6.26 Å².